The zero-order valence-electron chi connectivity index (χ0n) is 13.6. The summed E-state index contributed by atoms with van der Waals surface area (Å²) in [6.07, 6.45) is 5.66. The van der Waals surface area contributed by atoms with E-state index in [1.807, 2.05) is 38.1 Å². The highest BCUT2D eigenvalue weighted by Crippen LogP contribution is 2.15. The Bertz CT molecular complexity index is 617. The minimum absolute atomic E-state index is 0.197. The molecule has 0 bridgehead atoms. The van der Waals surface area contributed by atoms with Crippen molar-refractivity contribution in [3.63, 3.8) is 0 Å². The van der Waals surface area contributed by atoms with Gasteiger partial charge >= 0.3 is 0 Å². The molecule has 0 radical (unpaired) electrons. The van der Waals surface area contributed by atoms with Crippen LogP contribution in [0.5, 0.6) is 5.75 Å². The first kappa shape index (κ1) is 17.2. The van der Waals surface area contributed by atoms with Gasteiger partial charge in [0.25, 0.3) is 0 Å². The fraction of sp³-hybridized carbons (Fsp3) is 0.333. The van der Waals surface area contributed by atoms with Gasteiger partial charge in [0, 0.05) is 12.7 Å². The largest absolute Gasteiger partial charge is 0.491 e. The fourth-order valence-electron chi connectivity index (χ4n) is 2.15. The number of nitrogens with one attached hydrogen (secondary N) is 2. The van der Waals surface area contributed by atoms with Gasteiger partial charge in [0.05, 0.1) is 18.0 Å². The average Bonchev–Trinajstić information content (AvgIpc) is 2.52. The van der Waals surface area contributed by atoms with Crippen molar-refractivity contribution in [2.45, 2.75) is 32.8 Å². The van der Waals surface area contributed by atoms with Crippen molar-refractivity contribution in [3.8, 4) is 5.75 Å². The van der Waals surface area contributed by atoms with E-state index in [0.717, 1.165) is 30.8 Å². The number of thiocarbonyl (C=S) groups is 1. The van der Waals surface area contributed by atoms with E-state index in [4.69, 9.17) is 17.0 Å². The molecule has 4 nitrogen and oxygen atoms in total. The zero-order chi connectivity index (χ0) is 16.5. The highest BCUT2D eigenvalue weighted by molar-refractivity contribution is 7.80. The Morgan fingerprint density at radius 1 is 1.26 bits per heavy atom. The predicted octanol–water partition coefficient (Wildman–Crippen LogP) is 3.79. The Hall–Kier alpha value is -2.14. The van der Waals surface area contributed by atoms with E-state index in [1.165, 1.54) is 5.56 Å². The third-order valence-electron chi connectivity index (χ3n) is 3.12. The molecule has 5 heteroatoms. The number of ether oxygens (including phenoxy) is 1. The highest BCUT2D eigenvalue weighted by atomic mass is 32.1. The molecule has 0 fully saturated rings. The first-order valence-corrected chi connectivity index (χ1v) is 8.25. The molecule has 2 N–H and O–H groups in total. The van der Waals surface area contributed by atoms with E-state index in [2.05, 4.69) is 27.8 Å². The second-order valence-corrected chi connectivity index (χ2v) is 5.95. The number of anilines is 1. The lowest BCUT2D eigenvalue weighted by Crippen LogP contribution is -2.29. The summed E-state index contributed by atoms with van der Waals surface area (Å²) < 4.78 is 5.71. The molecule has 0 spiro atoms. The van der Waals surface area contributed by atoms with Crippen molar-refractivity contribution in [1.29, 1.82) is 0 Å². The Kier molecular flexibility index (Phi) is 6.81. The molecule has 1 aromatic heterocycles. The standard InChI is InChI=1S/C18H23N3OS/c1-14(2)22-17-9-3-6-15(12-17)7-4-11-20-18(23)21-16-8-5-10-19-13-16/h3,5-6,8-10,12-14H,4,7,11H2,1-2H3,(H2,20,21,23). The van der Waals surface area contributed by atoms with Gasteiger partial charge in [-0.05, 0) is 68.7 Å². The fourth-order valence-corrected chi connectivity index (χ4v) is 2.37. The lowest BCUT2D eigenvalue weighted by atomic mass is 10.1. The molecule has 0 unspecified atom stereocenters. The highest BCUT2D eigenvalue weighted by Gasteiger charge is 2.01. The normalized spacial score (nSPS) is 10.4. The van der Waals surface area contributed by atoms with Crippen molar-refractivity contribution in [3.05, 3.63) is 54.4 Å². The molecule has 1 aromatic carbocycles. The topological polar surface area (TPSA) is 46.2 Å². The maximum Gasteiger partial charge on any atom is 0.170 e. The van der Waals surface area contributed by atoms with E-state index in [-0.39, 0.29) is 6.10 Å². The molecule has 0 saturated carbocycles. The van der Waals surface area contributed by atoms with E-state index in [1.54, 1.807) is 12.4 Å². The van der Waals surface area contributed by atoms with Crippen LogP contribution in [-0.4, -0.2) is 22.7 Å². The monoisotopic (exact) mass is 329 g/mol. The van der Waals surface area contributed by atoms with Crippen LogP contribution in [0, 0.1) is 0 Å². The maximum absolute atomic E-state index is 5.71. The lowest BCUT2D eigenvalue weighted by molar-refractivity contribution is 0.242. The average molecular weight is 329 g/mol. The van der Waals surface area contributed by atoms with E-state index >= 15 is 0 Å². The van der Waals surface area contributed by atoms with Gasteiger partial charge in [0.15, 0.2) is 5.11 Å². The van der Waals surface area contributed by atoms with Crippen LogP contribution < -0.4 is 15.4 Å². The molecule has 0 amide bonds. The van der Waals surface area contributed by atoms with Crippen molar-refractivity contribution in [1.82, 2.24) is 10.3 Å². The van der Waals surface area contributed by atoms with E-state index < -0.39 is 0 Å². The quantitative estimate of drug-likeness (QED) is 0.598. The summed E-state index contributed by atoms with van der Waals surface area (Å²) in [4.78, 5) is 4.04. The van der Waals surface area contributed by atoms with Gasteiger partial charge < -0.3 is 15.4 Å². The second kappa shape index (κ2) is 9.10. The third-order valence-corrected chi connectivity index (χ3v) is 3.36. The predicted molar refractivity (Wildman–Crippen MR) is 99.0 cm³/mol. The molecule has 122 valence electrons. The Morgan fingerprint density at radius 2 is 2.13 bits per heavy atom. The number of benzene rings is 1. The molecule has 0 aliphatic rings. The molecule has 0 saturated heterocycles. The Balaban J connectivity index is 1.70. The lowest BCUT2D eigenvalue weighted by Gasteiger charge is -2.12. The van der Waals surface area contributed by atoms with Gasteiger partial charge in [-0.3, -0.25) is 4.98 Å². The number of hydrogen-bond acceptors (Lipinski definition) is 3. The summed E-state index contributed by atoms with van der Waals surface area (Å²) in [6.45, 7) is 4.89. The van der Waals surface area contributed by atoms with Crippen molar-refractivity contribution >= 4 is 23.0 Å². The van der Waals surface area contributed by atoms with Crippen LogP contribution >= 0.6 is 12.2 Å². The van der Waals surface area contributed by atoms with Crippen LogP contribution in [0.4, 0.5) is 5.69 Å². The molecule has 2 rings (SSSR count). The summed E-state index contributed by atoms with van der Waals surface area (Å²) in [7, 11) is 0. The van der Waals surface area contributed by atoms with Crippen LogP contribution in [0.25, 0.3) is 0 Å². The summed E-state index contributed by atoms with van der Waals surface area (Å²) in [5.41, 5.74) is 2.17. The first-order chi connectivity index (χ1) is 11.1. The zero-order valence-corrected chi connectivity index (χ0v) is 14.4. The summed E-state index contributed by atoms with van der Waals surface area (Å²) >= 11 is 5.26. The molecule has 0 aliphatic heterocycles. The van der Waals surface area contributed by atoms with Crippen LogP contribution in [0.15, 0.2) is 48.8 Å². The summed E-state index contributed by atoms with van der Waals surface area (Å²) in [5.74, 6) is 0.930. The molecule has 2 aromatic rings. The van der Waals surface area contributed by atoms with Crippen molar-refractivity contribution < 1.29 is 4.74 Å². The number of nitrogens with zero attached hydrogens (tertiary/aromatic N) is 1. The van der Waals surface area contributed by atoms with E-state index in [0.29, 0.717) is 5.11 Å². The summed E-state index contributed by atoms with van der Waals surface area (Å²) in [5, 5.41) is 6.94. The van der Waals surface area contributed by atoms with Crippen molar-refractivity contribution in [2.24, 2.45) is 0 Å². The van der Waals surface area contributed by atoms with Crippen molar-refractivity contribution in [2.75, 3.05) is 11.9 Å². The van der Waals surface area contributed by atoms with Gasteiger partial charge in [-0.15, -0.1) is 0 Å². The number of aryl methyl sites for hydroxylation is 1. The molecular formula is C18H23N3OS. The number of hydrogen-bond donors (Lipinski definition) is 2. The van der Waals surface area contributed by atoms with E-state index in [9.17, 15) is 0 Å². The smallest absolute Gasteiger partial charge is 0.170 e. The van der Waals surface area contributed by atoms with Crippen LogP contribution in [-0.2, 0) is 6.42 Å². The van der Waals surface area contributed by atoms with Crippen LogP contribution in [0.2, 0.25) is 0 Å². The molecule has 1 heterocycles. The minimum Gasteiger partial charge on any atom is -0.491 e. The van der Waals surface area contributed by atoms with Gasteiger partial charge in [-0.25, -0.2) is 0 Å². The van der Waals surface area contributed by atoms with Crippen LogP contribution in [0.1, 0.15) is 25.8 Å². The minimum atomic E-state index is 0.197. The molecule has 0 atom stereocenters. The Labute approximate surface area is 143 Å². The van der Waals surface area contributed by atoms with Gasteiger partial charge in [0.2, 0.25) is 0 Å². The van der Waals surface area contributed by atoms with Gasteiger partial charge in [-0.2, -0.15) is 0 Å². The second-order valence-electron chi connectivity index (χ2n) is 5.54. The SMILES string of the molecule is CC(C)Oc1cccc(CCCNC(=S)Nc2cccnc2)c1. The molecule has 0 aliphatic carbocycles. The molecular weight excluding hydrogens is 306 g/mol. The van der Waals surface area contributed by atoms with Gasteiger partial charge in [-0.1, -0.05) is 12.1 Å². The maximum atomic E-state index is 5.71. The third kappa shape index (κ3) is 6.65. The Morgan fingerprint density at radius 3 is 2.87 bits per heavy atom. The van der Waals surface area contributed by atoms with Crippen LogP contribution in [0.3, 0.4) is 0 Å². The first-order valence-electron chi connectivity index (χ1n) is 7.84. The van der Waals surface area contributed by atoms with Gasteiger partial charge in [0.1, 0.15) is 5.75 Å². The summed E-state index contributed by atoms with van der Waals surface area (Å²) in [6, 6.07) is 12.1. The number of aromatic nitrogens is 1. The number of pyridine rings is 1. The molecule has 23 heavy (non-hydrogen) atoms. The number of rotatable bonds is 7.